The molecule has 0 spiro atoms. The molecule has 0 aliphatic heterocycles. The molecule has 15 heavy (non-hydrogen) atoms. The zero-order valence-electron chi connectivity index (χ0n) is 8.53. The largest absolute Gasteiger partial charge is 0.495 e. The summed E-state index contributed by atoms with van der Waals surface area (Å²) in [5.74, 6) is 0.0382. The van der Waals surface area contributed by atoms with E-state index in [9.17, 15) is 4.79 Å². The van der Waals surface area contributed by atoms with E-state index in [1.165, 1.54) is 13.2 Å². The quantitative estimate of drug-likeness (QED) is 0.463. The summed E-state index contributed by atoms with van der Waals surface area (Å²) in [4.78, 5) is 11.4. The van der Waals surface area contributed by atoms with E-state index >= 15 is 0 Å². The fourth-order valence-corrected chi connectivity index (χ4v) is 1.06. The Morgan fingerprint density at radius 2 is 2.33 bits per heavy atom. The molecule has 80 valence electrons. The average Bonchev–Trinajstić information content (AvgIpc) is 2.26. The van der Waals surface area contributed by atoms with Crippen LogP contribution in [-0.4, -0.2) is 19.7 Å². The summed E-state index contributed by atoms with van der Waals surface area (Å²) in [6, 6.07) is 4.73. The van der Waals surface area contributed by atoms with Crippen molar-refractivity contribution in [2.24, 2.45) is 0 Å². The van der Waals surface area contributed by atoms with Gasteiger partial charge in [-0.25, -0.2) is 4.79 Å². The average molecular weight is 207 g/mol. The van der Waals surface area contributed by atoms with E-state index in [0.717, 1.165) is 0 Å². The van der Waals surface area contributed by atoms with Gasteiger partial charge >= 0.3 is 5.97 Å². The third-order valence-corrected chi connectivity index (χ3v) is 1.80. The molecule has 4 nitrogen and oxygen atoms in total. The van der Waals surface area contributed by atoms with Gasteiger partial charge in [0.15, 0.2) is 0 Å². The predicted octanol–water partition coefficient (Wildman–Crippen LogP) is 1.62. The van der Waals surface area contributed by atoms with Gasteiger partial charge in [0.25, 0.3) is 0 Å². The summed E-state index contributed by atoms with van der Waals surface area (Å²) in [7, 11) is 1.49. The molecule has 0 amide bonds. The minimum Gasteiger partial charge on any atom is -0.495 e. The molecule has 2 N–H and O–H groups in total. The number of carbonyl (C=O) groups excluding carboxylic acids is 1. The van der Waals surface area contributed by atoms with E-state index in [2.05, 4.69) is 6.58 Å². The normalized spacial score (nSPS) is 9.40. The van der Waals surface area contributed by atoms with Gasteiger partial charge in [-0.3, -0.25) is 0 Å². The lowest BCUT2D eigenvalue weighted by Crippen LogP contribution is -2.05. The summed E-state index contributed by atoms with van der Waals surface area (Å²) < 4.78 is 9.85. The fraction of sp³-hybridized carbons (Fsp3) is 0.182. The summed E-state index contributed by atoms with van der Waals surface area (Å²) >= 11 is 0. The number of hydrogen-bond acceptors (Lipinski definition) is 4. The van der Waals surface area contributed by atoms with Crippen LogP contribution in [0.15, 0.2) is 30.9 Å². The van der Waals surface area contributed by atoms with E-state index in [0.29, 0.717) is 17.0 Å². The molecule has 0 unspecified atom stereocenters. The van der Waals surface area contributed by atoms with Gasteiger partial charge in [0, 0.05) is 0 Å². The molecule has 1 rings (SSSR count). The molecule has 0 bridgehead atoms. The molecule has 0 radical (unpaired) electrons. The molecule has 0 aromatic heterocycles. The molecule has 0 heterocycles. The van der Waals surface area contributed by atoms with Gasteiger partial charge in [0.05, 0.1) is 18.4 Å². The first-order valence-corrected chi connectivity index (χ1v) is 4.40. The van der Waals surface area contributed by atoms with E-state index in [4.69, 9.17) is 15.2 Å². The Hall–Kier alpha value is -1.97. The van der Waals surface area contributed by atoms with Crippen LogP contribution in [0.25, 0.3) is 0 Å². The topological polar surface area (TPSA) is 61.5 Å². The molecule has 4 heteroatoms. The Balaban J connectivity index is 2.85. The third kappa shape index (κ3) is 2.74. The predicted molar refractivity (Wildman–Crippen MR) is 57.9 cm³/mol. The summed E-state index contributed by atoms with van der Waals surface area (Å²) in [6.07, 6.45) is 1.51. The molecule has 0 atom stereocenters. The molecule has 0 saturated heterocycles. The van der Waals surface area contributed by atoms with Crippen molar-refractivity contribution in [2.75, 3.05) is 19.5 Å². The van der Waals surface area contributed by atoms with Crippen LogP contribution in [0.3, 0.4) is 0 Å². The molecule has 0 saturated carbocycles. The first-order valence-electron chi connectivity index (χ1n) is 4.40. The van der Waals surface area contributed by atoms with E-state index < -0.39 is 5.97 Å². The number of hydrogen-bond donors (Lipinski definition) is 1. The summed E-state index contributed by atoms with van der Waals surface area (Å²) in [5, 5.41) is 0. The van der Waals surface area contributed by atoms with Gasteiger partial charge in [-0.05, 0) is 18.2 Å². The maximum atomic E-state index is 11.4. The van der Waals surface area contributed by atoms with Crippen LogP contribution in [0.2, 0.25) is 0 Å². The van der Waals surface area contributed by atoms with E-state index in [-0.39, 0.29) is 6.61 Å². The van der Waals surface area contributed by atoms with Crippen LogP contribution in [0, 0.1) is 0 Å². The highest BCUT2D eigenvalue weighted by Crippen LogP contribution is 2.22. The number of carbonyl (C=O) groups is 1. The number of rotatable bonds is 4. The Bertz CT molecular complexity index is 374. The monoisotopic (exact) mass is 207 g/mol. The Morgan fingerprint density at radius 3 is 2.93 bits per heavy atom. The second-order valence-electron chi connectivity index (χ2n) is 2.84. The van der Waals surface area contributed by atoms with E-state index in [1.807, 2.05) is 0 Å². The van der Waals surface area contributed by atoms with Gasteiger partial charge in [0.1, 0.15) is 12.4 Å². The minimum absolute atomic E-state index is 0.186. The van der Waals surface area contributed by atoms with Crippen molar-refractivity contribution in [3.8, 4) is 5.75 Å². The first-order chi connectivity index (χ1) is 7.19. The lowest BCUT2D eigenvalue weighted by Gasteiger charge is -2.06. The van der Waals surface area contributed by atoms with Crippen molar-refractivity contribution in [1.29, 1.82) is 0 Å². The smallest absolute Gasteiger partial charge is 0.338 e. The Kier molecular flexibility index (Phi) is 3.74. The summed E-state index contributed by atoms with van der Waals surface area (Å²) in [6.45, 7) is 3.64. The number of ether oxygens (including phenoxy) is 2. The number of anilines is 1. The van der Waals surface area contributed by atoms with Crippen molar-refractivity contribution in [1.82, 2.24) is 0 Å². The fourth-order valence-electron chi connectivity index (χ4n) is 1.06. The van der Waals surface area contributed by atoms with Crippen LogP contribution in [0.5, 0.6) is 5.75 Å². The van der Waals surface area contributed by atoms with Crippen molar-refractivity contribution in [2.45, 2.75) is 0 Å². The van der Waals surface area contributed by atoms with Crippen LogP contribution < -0.4 is 10.5 Å². The molecule has 0 aliphatic carbocycles. The minimum atomic E-state index is -0.423. The number of nitrogens with two attached hydrogens (primary N) is 1. The molecule has 1 aromatic carbocycles. The van der Waals surface area contributed by atoms with E-state index in [1.54, 1.807) is 18.2 Å². The van der Waals surface area contributed by atoms with Gasteiger partial charge in [0.2, 0.25) is 0 Å². The van der Waals surface area contributed by atoms with Crippen LogP contribution in [0.1, 0.15) is 10.4 Å². The highest BCUT2D eigenvalue weighted by Gasteiger charge is 2.09. The zero-order chi connectivity index (χ0) is 11.3. The van der Waals surface area contributed by atoms with Gasteiger partial charge < -0.3 is 15.2 Å². The highest BCUT2D eigenvalue weighted by atomic mass is 16.5. The van der Waals surface area contributed by atoms with Crippen molar-refractivity contribution >= 4 is 11.7 Å². The first kappa shape index (κ1) is 11.1. The van der Waals surface area contributed by atoms with Crippen LogP contribution >= 0.6 is 0 Å². The number of esters is 1. The summed E-state index contributed by atoms with van der Waals surface area (Å²) in [5.41, 5.74) is 6.50. The molecule has 0 aliphatic rings. The lowest BCUT2D eigenvalue weighted by molar-refractivity contribution is 0.0549. The van der Waals surface area contributed by atoms with Crippen molar-refractivity contribution in [3.63, 3.8) is 0 Å². The molecular weight excluding hydrogens is 194 g/mol. The Morgan fingerprint density at radius 1 is 1.60 bits per heavy atom. The molecule has 1 aromatic rings. The second-order valence-corrected chi connectivity index (χ2v) is 2.84. The standard InChI is InChI=1S/C11H13NO3/c1-3-6-15-11(13)8-4-5-9(12)10(7-8)14-2/h3-5,7H,1,6,12H2,2H3. The zero-order valence-corrected chi connectivity index (χ0v) is 8.53. The molecule has 0 fully saturated rings. The SMILES string of the molecule is C=CCOC(=O)c1ccc(N)c(OC)c1. The van der Waals surface area contributed by atoms with Crippen LogP contribution in [0.4, 0.5) is 5.69 Å². The van der Waals surface area contributed by atoms with Gasteiger partial charge in [-0.1, -0.05) is 12.7 Å². The second kappa shape index (κ2) is 5.05. The lowest BCUT2D eigenvalue weighted by atomic mass is 10.2. The number of methoxy groups -OCH3 is 1. The molecular formula is C11H13NO3. The maximum Gasteiger partial charge on any atom is 0.338 e. The highest BCUT2D eigenvalue weighted by molar-refractivity contribution is 5.90. The number of nitrogen functional groups attached to an aromatic ring is 1. The van der Waals surface area contributed by atoms with Gasteiger partial charge in [-0.2, -0.15) is 0 Å². The number of benzene rings is 1. The van der Waals surface area contributed by atoms with Crippen molar-refractivity contribution in [3.05, 3.63) is 36.4 Å². The van der Waals surface area contributed by atoms with Crippen LogP contribution in [-0.2, 0) is 4.74 Å². The Labute approximate surface area is 88.3 Å². The maximum absolute atomic E-state index is 11.4. The third-order valence-electron chi connectivity index (χ3n) is 1.80. The van der Waals surface area contributed by atoms with Gasteiger partial charge in [-0.15, -0.1) is 0 Å². The van der Waals surface area contributed by atoms with Crippen molar-refractivity contribution < 1.29 is 14.3 Å².